The van der Waals surface area contributed by atoms with Crippen molar-refractivity contribution in [1.82, 2.24) is 16.0 Å². The van der Waals surface area contributed by atoms with Crippen molar-refractivity contribution in [3.63, 3.8) is 0 Å². The molecule has 1 aliphatic rings. The van der Waals surface area contributed by atoms with E-state index in [-0.39, 0.29) is 17.9 Å². The van der Waals surface area contributed by atoms with Crippen molar-refractivity contribution in [3.05, 3.63) is 0 Å². The third kappa shape index (κ3) is 7.97. The summed E-state index contributed by atoms with van der Waals surface area (Å²) in [4.78, 5) is 15.9. The van der Waals surface area contributed by atoms with Crippen LogP contribution in [0.3, 0.4) is 0 Å². The van der Waals surface area contributed by atoms with Crippen molar-refractivity contribution in [2.24, 2.45) is 10.4 Å². The maximum absolute atomic E-state index is 11.7. The summed E-state index contributed by atoms with van der Waals surface area (Å²) in [5, 5.41) is 9.22. The maximum Gasteiger partial charge on any atom is 0.239 e. The Morgan fingerprint density at radius 1 is 1.17 bits per heavy atom. The molecule has 140 valence electrons. The molecule has 0 bridgehead atoms. The van der Waals surface area contributed by atoms with E-state index >= 15 is 0 Å². The lowest BCUT2D eigenvalue weighted by atomic mass is 9.83. The van der Waals surface area contributed by atoms with Crippen LogP contribution in [0.1, 0.15) is 39.0 Å². The average molecular weight is 342 g/mol. The van der Waals surface area contributed by atoms with E-state index in [1.807, 2.05) is 6.92 Å². The second-order valence-electron chi connectivity index (χ2n) is 6.28. The highest BCUT2D eigenvalue weighted by Crippen LogP contribution is 2.40. The van der Waals surface area contributed by atoms with Gasteiger partial charge in [0.25, 0.3) is 0 Å². The van der Waals surface area contributed by atoms with Gasteiger partial charge >= 0.3 is 0 Å². The molecule has 1 rings (SSSR count). The Bertz CT molecular complexity index is 382. The van der Waals surface area contributed by atoms with Crippen LogP contribution < -0.4 is 16.0 Å². The summed E-state index contributed by atoms with van der Waals surface area (Å²) in [5.74, 6) is 0.599. The van der Waals surface area contributed by atoms with Crippen molar-refractivity contribution in [2.45, 2.75) is 39.0 Å². The lowest BCUT2D eigenvalue weighted by molar-refractivity contribution is -0.120. The molecular formula is C17H34N4O3. The molecule has 7 heteroatoms. The van der Waals surface area contributed by atoms with Crippen molar-refractivity contribution < 1.29 is 14.3 Å². The molecule has 1 amide bonds. The van der Waals surface area contributed by atoms with E-state index in [0.717, 1.165) is 26.2 Å². The van der Waals surface area contributed by atoms with Gasteiger partial charge < -0.3 is 25.4 Å². The largest absolute Gasteiger partial charge is 0.383 e. The van der Waals surface area contributed by atoms with Crippen LogP contribution in [-0.2, 0) is 14.3 Å². The number of ether oxygens (including phenoxy) is 2. The zero-order valence-corrected chi connectivity index (χ0v) is 15.5. The molecule has 0 aromatic rings. The van der Waals surface area contributed by atoms with Crippen LogP contribution in [-0.4, -0.2) is 65.5 Å². The molecule has 0 saturated heterocycles. The zero-order chi connectivity index (χ0) is 17.7. The van der Waals surface area contributed by atoms with Crippen molar-refractivity contribution >= 4 is 11.9 Å². The molecule has 0 aliphatic heterocycles. The fraction of sp³-hybridized carbons (Fsp3) is 0.882. The fourth-order valence-corrected chi connectivity index (χ4v) is 3.08. The van der Waals surface area contributed by atoms with E-state index in [9.17, 15) is 4.79 Å². The Labute approximate surface area is 146 Å². The summed E-state index contributed by atoms with van der Waals surface area (Å²) in [6.07, 6.45) is 6.08. The van der Waals surface area contributed by atoms with Crippen LogP contribution in [0, 0.1) is 5.41 Å². The van der Waals surface area contributed by atoms with E-state index in [0.29, 0.717) is 19.1 Å². The van der Waals surface area contributed by atoms with Gasteiger partial charge in [0.2, 0.25) is 5.91 Å². The summed E-state index contributed by atoms with van der Waals surface area (Å²) in [7, 11) is 3.33. The Kier molecular flexibility index (Phi) is 10.4. The molecule has 0 aromatic heterocycles. The van der Waals surface area contributed by atoms with Crippen molar-refractivity contribution in [3.8, 4) is 0 Å². The number of nitrogens with zero attached hydrogens (tertiary/aromatic N) is 1. The first-order valence-electron chi connectivity index (χ1n) is 8.93. The molecule has 0 unspecified atom stereocenters. The van der Waals surface area contributed by atoms with Crippen LogP contribution >= 0.6 is 0 Å². The molecule has 0 heterocycles. The van der Waals surface area contributed by atoms with Crippen molar-refractivity contribution in [2.75, 3.05) is 53.6 Å². The molecule has 7 nitrogen and oxygen atoms in total. The fourth-order valence-electron chi connectivity index (χ4n) is 3.08. The molecule has 24 heavy (non-hydrogen) atoms. The number of nitrogens with one attached hydrogen (secondary N) is 3. The molecule has 0 atom stereocenters. The van der Waals surface area contributed by atoms with Gasteiger partial charge in [-0.3, -0.25) is 9.79 Å². The number of carbonyl (C=O) groups excluding carboxylic acids is 1. The molecule has 1 saturated carbocycles. The molecule has 0 radical (unpaired) electrons. The minimum absolute atomic E-state index is 0.0677. The lowest BCUT2D eigenvalue weighted by Crippen LogP contribution is -2.46. The summed E-state index contributed by atoms with van der Waals surface area (Å²) in [6.45, 7) is 5.71. The molecule has 1 fully saturated rings. The minimum Gasteiger partial charge on any atom is -0.383 e. The van der Waals surface area contributed by atoms with Gasteiger partial charge in [0.15, 0.2) is 5.96 Å². The van der Waals surface area contributed by atoms with Gasteiger partial charge in [-0.05, 0) is 31.6 Å². The van der Waals surface area contributed by atoms with E-state index in [2.05, 4.69) is 20.9 Å². The van der Waals surface area contributed by atoms with Crippen LogP contribution in [0.15, 0.2) is 4.99 Å². The number of aliphatic imine (C=N–C) groups is 1. The maximum atomic E-state index is 11.7. The van der Waals surface area contributed by atoms with Gasteiger partial charge in [-0.25, -0.2) is 0 Å². The van der Waals surface area contributed by atoms with Gasteiger partial charge in [-0.2, -0.15) is 0 Å². The van der Waals surface area contributed by atoms with Gasteiger partial charge in [0, 0.05) is 40.5 Å². The van der Waals surface area contributed by atoms with Crippen LogP contribution in [0.2, 0.25) is 0 Å². The van der Waals surface area contributed by atoms with Crippen LogP contribution in [0.4, 0.5) is 0 Å². The van der Waals surface area contributed by atoms with Crippen molar-refractivity contribution in [1.29, 1.82) is 0 Å². The average Bonchev–Trinajstić information content (AvgIpc) is 3.04. The number of rotatable bonds is 11. The summed E-state index contributed by atoms with van der Waals surface area (Å²) in [6, 6.07) is 0. The first-order valence-corrected chi connectivity index (χ1v) is 8.93. The van der Waals surface area contributed by atoms with Gasteiger partial charge in [0.05, 0.1) is 13.2 Å². The van der Waals surface area contributed by atoms with E-state index < -0.39 is 0 Å². The highest BCUT2D eigenvalue weighted by atomic mass is 16.5. The molecule has 0 spiro atoms. The van der Waals surface area contributed by atoms with Gasteiger partial charge in [0.1, 0.15) is 0 Å². The highest BCUT2D eigenvalue weighted by molar-refractivity contribution is 5.86. The lowest BCUT2D eigenvalue weighted by Gasteiger charge is -2.30. The monoisotopic (exact) mass is 342 g/mol. The summed E-state index contributed by atoms with van der Waals surface area (Å²) < 4.78 is 10.4. The van der Waals surface area contributed by atoms with E-state index in [4.69, 9.17) is 9.47 Å². The zero-order valence-electron chi connectivity index (χ0n) is 15.5. The minimum atomic E-state index is -0.0677. The second-order valence-corrected chi connectivity index (χ2v) is 6.28. The Hall–Kier alpha value is -1.34. The SMILES string of the molecule is CCOCCC1(CNC(=NC)NCC(=O)NCCOC)CCCC1. The number of amides is 1. The number of carbonyl (C=O) groups is 1. The number of hydrogen-bond donors (Lipinski definition) is 3. The third-order valence-electron chi connectivity index (χ3n) is 4.54. The first-order chi connectivity index (χ1) is 11.7. The van der Waals surface area contributed by atoms with E-state index in [1.165, 1.54) is 25.7 Å². The van der Waals surface area contributed by atoms with E-state index in [1.54, 1.807) is 14.2 Å². The summed E-state index contributed by atoms with van der Waals surface area (Å²) in [5.41, 5.74) is 0.285. The Morgan fingerprint density at radius 2 is 1.92 bits per heavy atom. The predicted molar refractivity (Wildman–Crippen MR) is 96.3 cm³/mol. The second kappa shape index (κ2) is 12.1. The number of guanidine groups is 1. The molecule has 1 aliphatic carbocycles. The number of methoxy groups -OCH3 is 1. The summed E-state index contributed by atoms with van der Waals surface area (Å²) >= 11 is 0. The Morgan fingerprint density at radius 3 is 2.54 bits per heavy atom. The molecular weight excluding hydrogens is 308 g/mol. The quantitative estimate of drug-likeness (QED) is 0.295. The van der Waals surface area contributed by atoms with Gasteiger partial charge in [-0.1, -0.05) is 12.8 Å². The predicted octanol–water partition coefficient (Wildman–Crippen LogP) is 0.901. The highest BCUT2D eigenvalue weighted by Gasteiger charge is 2.33. The first kappa shape index (κ1) is 20.7. The molecule has 3 N–H and O–H groups in total. The van der Waals surface area contributed by atoms with Crippen LogP contribution in [0.25, 0.3) is 0 Å². The van der Waals surface area contributed by atoms with Crippen LogP contribution in [0.5, 0.6) is 0 Å². The third-order valence-corrected chi connectivity index (χ3v) is 4.54. The topological polar surface area (TPSA) is 84.0 Å². The normalized spacial score (nSPS) is 16.9. The standard InChI is InChI=1S/C17H34N4O3/c1-4-24-11-9-17(7-5-6-8-17)14-21-16(18-2)20-13-15(22)19-10-12-23-3/h4-14H2,1-3H3,(H,19,22)(H2,18,20,21). The number of hydrogen-bond acceptors (Lipinski definition) is 4. The smallest absolute Gasteiger partial charge is 0.239 e. The Balaban J connectivity index is 2.34. The van der Waals surface area contributed by atoms with Gasteiger partial charge in [-0.15, -0.1) is 0 Å². The molecule has 0 aromatic carbocycles.